The van der Waals surface area contributed by atoms with Gasteiger partial charge in [0, 0.05) is 24.6 Å². The number of ketones is 1. The summed E-state index contributed by atoms with van der Waals surface area (Å²) in [6, 6.07) is 2.46. The number of rotatable bonds is 8. The van der Waals surface area contributed by atoms with E-state index in [9.17, 15) is 28.0 Å². The lowest BCUT2D eigenvalue weighted by Gasteiger charge is -2.33. The highest BCUT2D eigenvalue weighted by Crippen LogP contribution is 2.44. The van der Waals surface area contributed by atoms with Crippen molar-refractivity contribution in [3.05, 3.63) is 35.6 Å². The van der Waals surface area contributed by atoms with Crippen molar-refractivity contribution in [1.29, 1.82) is 0 Å². The minimum absolute atomic E-state index is 0.00561. The van der Waals surface area contributed by atoms with E-state index in [1.165, 1.54) is 17.0 Å². The van der Waals surface area contributed by atoms with Crippen LogP contribution in [-0.4, -0.2) is 60.3 Å². The summed E-state index contributed by atoms with van der Waals surface area (Å²) in [5, 5.41) is 5.22. The highest BCUT2D eigenvalue weighted by atomic mass is 19.1. The Balaban J connectivity index is 1.57. The van der Waals surface area contributed by atoms with Gasteiger partial charge in [0.15, 0.2) is 5.78 Å². The van der Waals surface area contributed by atoms with Crippen LogP contribution < -0.4 is 10.6 Å². The van der Waals surface area contributed by atoms with Gasteiger partial charge in [0.2, 0.25) is 17.5 Å². The van der Waals surface area contributed by atoms with Gasteiger partial charge in [-0.2, -0.15) is 0 Å². The van der Waals surface area contributed by atoms with E-state index in [2.05, 4.69) is 10.6 Å². The first kappa shape index (κ1) is 25.2. The van der Waals surface area contributed by atoms with Crippen LogP contribution in [0.5, 0.6) is 0 Å². The lowest BCUT2D eigenvalue weighted by molar-refractivity contribution is -0.149. The number of hydrogen-bond acceptors (Lipinski definition) is 4. The van der Waals surface area contributed by atoms with Gasteiger partial charge in [-0.3, -0.25) is 19.2 Å². The van der Waals surface area contributed by atoms with Gasteiger partial charge in [-0.05, 0) is 56.6 Å². The summed E-state index contributed by atoms with van der Waals surface area (Å²) in [6.45, 7) is 0.350. The van der Waals surface area contributed by atoms with Crippen LogP contribution in [0.15, 0.2) is 24.3 Å². The van der Waals surface area contributed by atoms with Crippen molar-refractivity contribution in [2.45, 2.75) is 56.8 Å². The molecule has 0 spiro atoms. The zero-order chi connectivity index (χ0) is 25.3. The molecule has 2 heterocycles. The van der Waals surface area contributed by atoms with Crippen LogP contribution in [0.3, 0.4) is 0 Å². The molecule has 2 N–H and O–H groups in total. The van der Waals surface area contributed by atoms with Crippen molar-refractivity contribution in [3.8, 4) is 0 Å². The minimum atomic E-state index is -2.57. The van der Waals surface area contributed by atoms with E-state index in [-0.39, 0.29) is 36.3 Å². The van der Waals surface area contributed by atoms with Gasteiger partial charge in [-0.1, -0.05) is 18.6 Å². The Morgan fingerprint density at radius 3 is 2.69 bits per heavy atom. The molecule has 2 saturated heterocycles. The largest absolute Gasteiger partial charge is 0.356 e. The first-order valence-electron chi connectivity index (χ1n) is 12.1. The van der Waals surface area contributed by atoms with Crippen LogP contribution in [0.4, 0.5) is 13.2 Å². The van der Waals surface area contributed by atoms with Gasteiger partial charge in [0.25, 0.3) is 5.91 Å². The average Bonchev–Trinajstić information content (AvgIpc) is 3.53. The number of carbonyl (C=O) groups excluding carboxylic acids is 4. The number of likely N-dealkylation sites (tertiary alicyclic amines) is 1. The van der Waals surface area contributed by atoms with Crippen molar-refractivity contribution in [2.75, 3.05) is 19.8 Å². The molecule has 190 valence electrons. The lowest BCUT2D eigenvalue weighted by atomic mass is 9.91. The number of nitrogens with one attached hydrogen (secondary N) is 2. The third kappa shape index (κ3) is 4.92. The quantitative estimate of drug-likeness (QED) is 0.581. The van der Waals surface area contributed by atoms with Gasteiger partial charge < -0.3 is 15.5 Å². The summed E-state index contributed by atoms with van der Waals surface area (Å²) in [5.74, 6) is -4.17. The molecule has 3 amide bonds. The average molecular weight is 494 g/mol. The maximum absolute atomic E-state index is 15.8. The molecule has 6 atom stereocenters. The van der Waals surface area contributed by atoms with E-state index >= 15 is 4.39 Å². The summed E-state index contributed by atoms with van der Waals surface area (Å²) < 4.78 is 42.8. The van der Waals surface area contributed by atoms with Gasteiger partial charge >= 0.3 is 0 Å². The van der Waals surface area contributed by atoms with E-state index in [1.54, 1.807) is 0 Å². The van der Waals surface area contributed by atoms with Gasteiger partial charge in [-0.25, -0.2) is 13.2 Å². The fraction of sp³-hybridized carbons (Fsp3) is 0.600. The first-order chi connectivity index (χ1) is 16.6. The normalized spacial score (nSPS) is 28.2. The molecule has 1 aliphatic carbocycles. The topological polar surface area (TPSA) is 95.6 Å². The molecule has 4 rings (SSSR count). The van der Waals surface area contributed by atoms with Crippen molar-refractivity contribution in [3.63, 3.8) is 0 Å². The molecule has 1 aromatic carbocycles. The summed E-state index contributed by atoms with van der Waals surface area (Å²) in [7, 11) is 0. The SMILES string of the molecule is C[C@](F)(C(=O)N1C[C@H]2CCC[C@H]2[C@H]1C(=O)N[C@H](C[C@@H]1CCNC1=O)C(=O)CF)c1cccc(F)c1. The summed E-state index contributed by atoms with van der Waals surface area (Å²) in [6.07, 6.45) is 2.71. The fourth-order valence-electron chi connectivity index (χ4n) is 5.80. The van der Waals surface area contributed by atoms with Crippen LogP contribution in [0, 0.1) is 23.6 Å². The van der Waals surface area contributed by atoms with Crippen LogP contribution >= 0.6 is 0 Å². The Morgan fingerprint density at radius 2 is 2.03 bits per heavy atom. The summed E-state index contributed by atoms with van der Waals surface area (Å²) >= 11 is 0. The highest BCUT2D eigenvalue weighted by Gasteiger charge is 2.53. The lowest BCUT2D eigenvalue weighted by Crippen LogP contribution is -2.55. The van der Waals surface area contributed by atoms with Crippen LogP contribution in [-0.2, 0) is 24.8 Å². The van der Waals surface area contributed by atoms with Crippen LogP contribution in [0.25, 0.3) is 0 Å². The molecule has 7 nitrogen and oxygen atoms in total. The van der Waals surface area contributed by atoms with Gasteiger partial charge in [0.1, 0.15) is 18.5 Å². The zero-order valence-corrected chi connectivity index (χ0v) is 19.6. The van der Waals surface area contributed by atoms with Crippen molar-refractivity contribution in [2.24, 2.45) is 17.8 Å². The number of benzene rings is 1. The Morgan fingerprint density at radius 1 is 1.26 bits per heavy atom. The smallest absolute Gasteiger partial charge is 0.265 e. The van der Waals surface area contributed by atoms with Crippen molar-refractivity contribution in [1.82, 2.24) is 15.5 Å². The number of carbonyl (C=O) groups is 4. The van der Waals surface area contributed by atoms with Crippen molar-refractivity contribution < 1.29 is 32.3 Å². The molecule has 3 fully saturated rings. The number of amides is 3. The molecular weight excluding hydrogens is 463 g/mol. The Hall–Kier alpha value is -2.91. The predicted octanol–water partition coefficient (Wildman–Crippen LogP) is 2.19. The maximum Gasteiger partial charge on any atom is 0.265 e. The molecule has 0 aromatic heterocycles. The van der Waals surface area contributed by atoms with E-state index in [1.807, 2.05) is 0 Å². The second kappa shape index (κ2) is 9.99. The third-order valence-electron chi connectivity index (χ3n) is 7.71. The van der Waals surface area contributed by atoms with E-state index in [0.717, 1.165) is 31.9 Å². The molecule has 1 aromatic rings. The third-order valence-corrected chi connectivity index (χ3v) is 7.71. The van der Waals surface area contributed by atoms with E-state index in [4.69, 9.17) is 0 Å². The molecule has 0 bridgehead atoms. The maximum atomic E-state index is 15.8. The number of halogens is 3. The molecule has 2 aliphatic heterocycles. The molecular formula is C25H30F3N3O4. The second-order valence-corrected chi connectivity index (χ2v) is 9.94. The Labute approximate surface area is 201 Å². The fourth-order valence-corrected chi connectivity index (χ4v) is 5.80. The molecule has 0 radical (unpaired) electrons. The first-order valence-corrected chi connectivity index (χ1v) is 12.1. The van der Waals surface area contributed by atoms with Gasteiger partial charge in [0.05, 0.1) is 6.04 Å². The molecule has 10 heteroatoms. The second-order valence-electron chi connectivity index (χ2n) is 9.94. The van der Waals surface area contributed by atoms with Gasteiger partial charge in [-0.15, -0.1) is 0 Å². The number of nitrogens with zero attached hydrogens (tertiary/aromatic N) is 1. The number of alkyl halides is 2. The Kier molecular flexibility index (Phi) is 7.19. The molecule has 35 heavy (non-hydrogen) atoms. The molecule has 3 aliphatic rings. The zero-order valence-electron chi connectivity index (χ0n) is 19.6. The van der Waals surface area contributed by atoms with Crippen molar-refractivity contribution >= 4 is 23.5 Å². The van der Waals surface area contributed by atoms with Crippen LogP contribution in [0.1, 0.15) is 44.6 Å². The number of fused-ring (bicyclic) bond motifs is 1. The molecule has 0 unspecified atom stereocenters. The number of Topliss-reactive ketones (excluding diaryl/α,β-unsaturated/α-hetero) is 1. The summed E-state index contributed by atoms with van der Waals surface area (Å²) in [5.41, 5.74) is -2.73. The number of hydrogen-bond donors (Lipinski definition) is 2. The monoisotopic (exact) mass is 493 g/mol. The summed E-state index contributed by atoms with van der Waals surface area (Å²) in [4.78, 5) is 52.3. The Bertz CT molecular complexity index is 1020. The standard InChI is InChI=1S/C25H30F3N3O4/c1-25(28,16-5-3-6-17(27)11-16)24(35)31-13-15-4-2-7-18(15)21(31)23(34)30-19(20(32)12-26)10-14-8-9-29-22(14)33/h3,5-6,11,14-15,18-19,21H,2,4,7-10,12-13H2,1H3,(H,29,33)(H,30,34)/t14-,15+,18+,19+,21-,25+/m0/s1. The van der Waals surface area contributed by atoms with E-state index in [0.29, 0.717) is 19.4 Å². The highest BCUT2D eigenvalue weighted by molar-refractivity contribution is 5.96. The van der Waals surface area contributed by atoms with Crippen LogP contribution in [0.2, 0.25) is 0 Å². The molecule has 1 saturated carbocycles. The van der Waals surface area contributed by atoms with E-state index < -0.39 is 53.8 Å². The minimum Gasteiger partial charge on any atom is -0.356 e. The predicted molar refractivity (Wildman–Crippen MR) is 120 cm³/mol.